The third-order valence-corrected chi connectivity index (χ3v) is 7.76. The number of nitrogens with zero attached hydrogens (tertiary/aromatic N) is 6. The molecule has 2 aromatic rings. The molecule has 11 heteroatoms. The third-order valence-electron chi connectivity index (χ3n) is 7.76. The van der Waals surface area contributed by atoms with Gasteiger partial charge < -0.3 is 25.5 Å². The van der Waals surface area contributed by atoms with E-state index in [9.17, 15) is 9.65 Å². The average Bonchev–Trinajstić information content (AvgIpc) is 3.37. The van der Waals surface area contributed by atoms with Crippen molar-refractivity contribution in [3.63, 3.8) is 0 Å². The Hall–Kier alpha value is -3.49. The highest BCUT2D eigenvalue weighted by atomic mass is 19.1. The lowest BCUT2D eigenvalue weighted by Crippen LogP contribution is -2.55. The number of halogens is 1. The van der Waals surface area contributed by atoms with Gasteiger partial charge in [-0.15, -0.1) is 0 Å². The van der Waals surface area contributed by atoms with Crippen LogP contribution in [0.1, 0.15) is 45.1 Å². The molecule has 3 saturated heterocycles. The van der Waals surface area contributed by atoms with Gasteiger partial charge in [0.15, 0.2) is 11.6 Å². The molecule has 3 aliphatic rings. The van der Waals surface area contributed by atoms with Gasteiger partial charge in [0.25, 0.3) is 6.47 Å². The van der Waals surface area contributed by atoms with Gasteiger partial charge in [0.2, 0.25) is 5.95 Å². The molecule has 10 nitrogen and oxygen atoms in total. The Morgan fingerprint density at radius 1 is 1.24 bits per heavy atom. The molecule has 1 aromatic heterocycles. The van der Waals surface area contributed by atoms with E-state index < -0.39 is 5.82 Å². The minimum atomic E-state index is -0.453. The molecule has 3 N–H and O–H groups in total. The molecule has 1 aromatic carbocycles. The van der Waals surface area contributed by atoms with Crippen LogP contribution in [-0.4, -0.2) is 88.7 Å². The van der Waals surface area contributed by atoms with E-state index in [0.29, 0.717) is 23.2 Å². The van der Waals surface area contributed by atoms with Gasteiger partial charge in [0, 0.05) is 49.5 Å². The topological polar surface area (TPSA) is 121 Å². The Balaban J connectivity index is 0.00000107. The van der Waals surface area contributed by atoms with Gasteiger partial charge in [-0.2, -0.15) is 10.2 Å². The number of hydrogen-bond donors (Lipinski definition) is 3. The first kappa shape index (κ1) is 27.5. The van der Waals surface area contributed by atoms with E-state index in [-0.39, 0.29) is 23.9 Å². The number of benzene rings is 1. The summed E-state index contributed by atoms with van der Waals surface area (Å²) in [6, 6.07) is 8.72. The third kappa shape index (κ3) is 6.31. The number of aromatic nitrogens is 2. The molecule has 0 saturated carbocycles. The fourth-order valence-corrected chi connectivity index (χ4v) is 6.00. The first-order chi connectivity index (χ1) is 18.2. The Morgan fingerprint density at radius 3 is 2.68 bits per heavy atom. The lowest BCUT2D eigenvalue weighted by molar-refractivity contribution is -0.122. The molecule has 38 heavy (non-hydrogen) atoms. The van der Waals surface area contributed by atoms with Gasteiger partial charge in [-0.1, -0.05) is 0 Å². The SMILES string of the molecule is CN1CCN(c2ccc(Nc3ncc(F)c(N[C@@H]4C[C@@H]5CCCN5C(C)(C)C4)n3)cc2C#N)CC1.O=CO. The van der Waals surface area contributed by atoms with Gasteiger partial charge in [-0.25, -0.2) is 9.37 Å². The number of fused-ring (bicyclic) bond motifs is 1. The number of nitriles is 1. The number of nitrogens with one attached hydrogen (secondary N) is 2. The van der Waals surface area contributed by atoms with E-state index in [1.54, 1.807) is 0 Å². The number of piperidine rings is 1. The normalized spacial score (nSPS) is 23.0. The van der Waals surface area contributed by atoms with E-state index in [2.05, 4.69) is 62.3 Å². The van der Waals surface area contributed by atoms with Crippen molar-refractivity contribution in [2.24, 2.45) is 0 Å². The van der Waals surface area contributed by atoms with Crippen molar-refractivity contribution in [2.45, 2.75) is 57.2 Å². The molecule has 204 valence electrons. The standard InChI is InChI=1S/C26H35FN8.CH2O2/c1-26(2)15-20(14-21-5-4-8-35(21)26)30-24-22(27)17-29-25(32-24)31-19-6-7-23(18(13-19)16-28)34-11-9-33(3)10-12-34;2-1-3/h6-7,13,17,20-21H,4-5,8-12,14-15H2,1-3H3,(H2,29,30,31,32);1H,(H,2,3)/t20-,21+;/m1./s1. The van der Waals surface area contributed by atoms with Crippen LogP contribution in [0.4, 0.5) is 27.5 Å². The van der Waals surface area contributed by atoms with Gasteiger partial charge in [0.1, 0.15) is 6.07 Å². The number of carboxylic acid groups (broad SMARTS) is 1. The second kappa shape index (κ2) is 11.9. The molecule has 4 heterocycles. The predicted molar refractivity (Wildman–Crippen MR) is 145 cm³/mol. The summed E-state index contributed by atoms with van der Waals surface area (Å²) in [5.41, 5.74) is 2.33. The Labute approximate surface area is 223 Å². The first-order valence-electron chi connectivity index (χ1n) is 13.1. The molecule has 0 spiro atoms. The van der Waals surface area contributed by atoms with Crippen molar-refractivity contribution in [3.8, 4) is 6.07 Å². The summed E-state index contributed by atoms with van der Waals surface area (Å²) < 4.78 is 14.7. The second-order valence-corrected chi connectivity index (χ2v) is 10.8. The van der Waals surface area contributed by atoms with E-state index in [0.717, 1.165) is 51.3 Å². The Kier molecular flexibility index (Phi) is 8.64. The molecule has 0 amide bonds. The lowest BCUT2D eigenvalue weighted by atomic mass is 9.84. The Morgan fingerprint density at radius 2 is 1.97 bits per heavy atom. The largest absolute Gasteiger partial charge is 0.483 e. The van der Waals surface area contributed by atoms with E-state index >= 15 is 0 Å². The smallest absolute Gasteiger partial charge is 0.290 e. The molecular weight excluding hydrogens is 487 g/mol. The second-order valence-electron chi connectivity index (χ2n) is 10.8. The summed E-state index contributed by atoms with van der Waals surface area (Å²) in [6.45, 7) is 9.19. The fraction of sp³-hybridized carbons (Fsp3) is 0.556. The van der Waals surface area contributed by atoms with E-state index in [1.165, 1.54) is 19.0 Å². The van der Waals surface area contributed by atoms with Crippen molar-refractivity contribution in [1.82, 2.24) is 19.8 Å². The summed E-state index contributed by atoms with van der Waals surface area (Å²) in [4.78, 5) is 24.1. The fourth-order valence-electron chi connectivity index (χ4n) is 6.00. The van der Waals surface area contributed by atoms with Crippen LogP contribution in [0.25, 0.3) is 0 Å². The highest BCUT2D eigenvalue weighted by Crippen LogP contribution is 2.38. The monoisotopic (exact) mass is 524 g/mol. The minimum Gasteiger partial charge on any atom is -0.483 e. The summed E-state index contributed by atoms with van der Waals surface area (Å²) in [5.74, 6) is 0.0809. The molecule has 0 radical (unpaired) electrons. The molecule has 3 fully saturated rings. The van der Waals surface area contributed by atoms with Crippen molar-refractivity contribution < 1.29 is 14.3 Å². The number of anilines is 4. The summed E-state index contributed by atoms with van der Waals surface area (Å²) >= 11 is 0. The summed E-state index contributed by atoms with van der Waals surface area (Å²) in [7, 11) is 2.11. The first-order valence-corrected chi connectivity index (χ1v) is 13.1. The average molecular weight is 525 g/mol. The van der Waals surface area contributed by atoms with Crippen LogP contribution in [-0.2, 0) is 4.79 Å². The van der Waals surface area contributed by atoms with Crippen LogP contribution in [0.5, 0.6) is 0 Å². The number of likely N-dealkylation sites (N-methyl/N-ethyl adjacent to an activating group) is 1. The van der Waals surface area contributed by atoms with Crippen LogP contribution in [0.2, 0.25) is 0 Å². The summed E-state index contributed by atoms with van der Waals surface area (Å²) in [6.07, 6.45) is 5.57. The van der Waals surface area contributed by atoms with Crippen molar-refractivity contribution in [3.05, 3.63) is 35.8 Å². The number of carbonyl (C=O) groups is 1. The van der Waals surface area contributed by atoms with E-state index in [1.807, 2.05) is 18.2 Å². The van der Waals surface area contributed by atoms with Gasteiger partial charge in [0.05, 0.1) is 17.4 Å². The maximum atomic E-state index is 14.7. The number of piperazine rings is 1. The van der Waals surface area contributed by atoms with Gasteiger partial charge in [-0.3, -0.25) is 9.69 Å². The lowest BCUT2D eigenvalue weighted by Gasteiger charge is -2.47. The molecule has 0 unspecified atom stereocenters. The highest BCUT2D eigenvalue weighted by molar-refractivity contribution is 5.68. The zero-order valence-corrected chi connectivity index (χ0v) is 22.3. The zero-order valence-electron chi connectivity index (χ0n) is 22.3. The predicted octanol–water partition coefficient (Wildman–Crippen LogP) is 3.50. The number of rotatable bonds is 5. The molecule has 0 bridgehead atoms. The van der Waals surface area contributed by atoms with Crippen LogP contribution < -0.4 is 15.5 Å². The quantitative estimate of drug-likeness (QED) is 0.501. The van der Waals surface area contributed by atoms with Crippen molar-refractivity contribution in [1.29, 1.82) is 5.26 Å². The molecule has 0 aliphatic carbocycles. The molecule has 3 aliphatic heterocycles. The van der Waals surface area contributed by atoms with Crippen LogP contribution in [0.15, 0.2) is 24.4 Å². The zero-order chi connectivity index (χ0) is 27.3. The van der Waals surface area contributed by atoms with Gasteiger partial charge in [-0.05, 0) is 71.3 Å². The minimum absolute atomic E-state index is 0.0842. The van der Waals surface area contributed by atoms with E-state index in [4.69, 9.17) is 9.90 Å². The molecule has 2 atom stereocenters. The van der Waals surface area contributed by atoms with Crippen LogP contribution >= 0.6 is 0 Å². The molecule has 5 rings (SSSR count). The number of hydrogen-bond acceptors (Lipinski definition) is 9. The van der Waals surface area contributed by atoms with Crippen LogP contribution in [0.3, 0.4) is 0 Å². The Bertz CT molecular complexity index is 1160. The maximum Gasteiger partial charge on any atom is 0.290 e. The van der Waals surface area contributed by atoms with Gasteiger partial charge >= 0.3 is 0 Å². The molecular formula is C27H37FN8O2. The van der Waals surface area contributed by atoms with Crippen LogP contribution in [0, 0.1) is 17.1 Å². The van der Waals surface area contributed by atoms with Crippen molar-refractivity contribution >= 4 is 29.6 Å². The summed E-state index contributed by atoms with van der Waals surface area (Å²) in [5, 5.41) is 23.2. The van der Waals surface area contributed by atoms with Crippen molar-refractivity contribution in [2.75, 3.05) is 55.3 Å². The highest BCUT2D eigenvalue weighted by Gasteiger charge is 2.43. The maximum absolute atomic E-state index is 14.7.